The number of rotatable bonds is 6. The molecule has 0 aliphatic rings. The first-order chi connectivity index (χ1) is 15.3. The number of fused-ring (bicyclic) bond motifs is 1. The van der Waals surface area contributed by atoms with Gasteiger partial charge < -0.3 is 5.32 Å². The molecule has 1 heterocycles. The molecule has 32 heavy (non-hydrogen) atoms. The van der Waals surface area contributed by atoms with Gasteiger partial charge in [-0.15, -0.1) is 10.2 Å². The molecule has 0 aliphatic heterocycles. The van der Waals surface area contributed by atoms with Crippen molar-refractivity contribution in [2.24, 2.45) is 0 Å². The smallest absolute Gasteiger partial charge is 0.364 e. The molecule has 0 spiro atoms. The number of benzene rings is 3. The Hall–Kier alpha value is -3.01. The molecule has 4 aromatic rings. The Kier molecular flexibility index (Phi) is 6.40. The van der Waals surface area contributed by atoms with Gasteiger partial charge in [-0.1, -0.05) is 54.6 Å². The monoisotopic (exact) mass is 547 g/mol. The van der Waals surface area contributed by atoms with E-state index in [0.29, 0.717) is 27.2 Å². The second-order valence-electron chi connectivity index (χ2n) is 7.24. The fourth-order valence-corrected chi connectivity index (χ4v) is 3.91. The Morgan fingerprint density at radius 2 is 1.62 bits per heavy atom. The summed E-state index contributed by atoms with van der Waals surface area (Å²) in [4.78, 5) is 12.8. The number of hydrogen-bond donors (Lipinski definition) is 1. The van der Waals surface area contributed by atoms with Gasteiger partial charge in [-0.2, -0.15) is 13.2 Å². The van der Waals surface area contributed by atoms with Crippen LogP contribution in [0.1, 0.15) is 27.0 Å². The molecule has 4 rings (SSSR count). The fraction of sp³-hybridized carbons (Fsp3) is 0.125. The van der Waals surface area contributed by atoms with E-state index in [2.05, 4.69) is 38.1 Å². The van der Waals surface area contributed by atoms with Crippen LogP contribution in [-0.2, 0) is 19.1 Å². The molecule has 0 bridgehead atoms. The highest BCUT2D eigenvalue weighted by atomic mass is 127. The summed E-state index contributed by atoms with van der Waals surface area (Å²) in [7, 11) is 0. The van der Waals surface area contributed by atoms with E-state index in [9.17, 15) is 18.0 Å². The number of halogens is 4. The molecular formula is C24H17F3IN3O. The number of carbonyl (C=O) groups excluding carboxylic acids is 1. The van der Waals surface area contributed by atoms with Crippen LogP contribution in [0.15, 0.2) is 72.8 Å². The number of alkyl halides is 3. The van der Waals surface area contributed by atoms with Crippen molar-refractivity contribution in [3.63, 3.8) is 0 Å². The zero-order chi connectivity index (χ0) is 22.7. The molecule has 162 valence electrons. The third kappa shape index (κ3) is 5.07. The summed E-state index contributed by atoms with van der Waals surface area (Å²) in [5, 5.41) is 13.3. The van der Waals surface area contributed by atoms with Gasteiger partial charge in [0.15, 0.2) is 11.6 Å². The van der Waals surface area contributed by atoms with Crippen LogP contribution in [0.2, 0.25) is 0 Å². The molecule has 0 amide bonds. The van der Waals surface area contributed by atoms with Gasteiger partial charge in [0.1, 0.15) is 3.70 Å². The Labute approximate surface area is 196 Å². The van der Waals surface area contributed by atoms with E-state index in [0.717, 1.165) is 28.5 Å². The highest BCUT2D eigenvalue weighted by molar-refractivity contribution is 14.1. The molecule has 4 nitrogen and oxygen atoms in total. The lowest BCUT2D eigenvalue weighted by molar-refractivity contribution is -0.137. The number of Topliss-reactive ketones (excluding diaryl/α,β-unsaturated/α-hetero) is 1. The topological polar surface area (TPSA) is 54.9 Å². The van der Waals surface area contributed by atoms with Crippen LogP contribution in [0.5, 0.6) is 0 Å². The maximum Gasteiger partial charge on any atom is 0.416 e. The van der Waals surface area contributed by atoms with Crippen molar-refractivity contribution in [1.29, 1.82) is 0 Å². The van der Waals surface area contributed by atoms with Crippen LogP contribution in [0.3, 0.4) is 0 Å². The molecular weight excluding hydrogens is 530 g/mol. The van der Waals surface area contributed by atoms with Gasteiger partial charge >= 0.3 is 6.18 Å². The molecule has 1 N–H and O–H groups in total. The van der Waals surface area contributed by atoms with Crippen LogP contribution < -0.4 is 5.32 Å². The van der Waals surface area contributed by atoms with Crippen LogP contribution in [0, 0.1) is 3.70 Å². The summed E-state index contributed by atoms with van der Waals surface area (Å²) >= 11 is 2.05. The Morgan fingerprint density at radius 3 is 2.38 bits per heavy atom. The Bertz CT molecular complexity index is 1280. The number of carbonyl (C=O) groups is 1. The molecule has 3 aromatic carbocycles. The van der Waals surface area contributed by atoms with E-state index < -0.39 is 11.7 Å². The molecule has 0 fully saturated rings. The summed E-state index contributed by atoms with van der Waals surface area (Å²) in [5.41, 5.74) is 1.06. The molecule has 0 unspecified atom stereocenters. The lowest BCUT2D eigenvalue weighted by Crippen LogP contribution is -2.08. The Balaban J connectivity index is 1.58. The zero-order valence-electron chi connectivity index (χ0n) is 16.7. The molecule has 0 atom stereocenters. The molecule has 8 heteroatoms. The maximum absolute atomic E-state index is 13.0. The third-order valence-corrected chi connectivity index (χ3v) is 5.78. The number of anilines is 1. The first-order valence-electron chi connectivity index (χ1n) is 9.74. The molecule has 0 saturated heterocycles. The van der Waals surface area contributed by atoms with Crippen molar-refractivity contribution in [2.75, 3.05) is 5.32 Å². The predicted molar refractivity (Wildman–Crippen MR) is 126 cm³/mol. The van der Waals surface area contributed by atoms with Gasteiger partial charge in [0, 0.05) is 29.3 Å². The average Bonchev–Trinajstić information content (AvgIpc) is 2.79. The fourth-order valence-electron chi connectivity index (χ4n) is 3.35. The summed E-state index contributed by atoms with van der Waals surface area (Å²) in [6.07, 6.45) is -4.57. The average molecular weight is 547 g/mol. The quantitative estimate of drug-likeness (QED) is 0.228. The van der Waals surface area contributed by atoms with Gasteiger partial charge in [-0.05, 0) is 51.9 Å². The third-order valence-electron chi connectivity index (χ3n) is 4.98. The first kappa shape index (κ1) is 22.2. The number of hydrogen-bond acceptors (Lipinski definition) is 4. The van der Waals surface area contributed by atoms with Crippen LogP contribution >= 0.6 is 22.6 Å². The van der Waals surface area contributed by atoms with E-state index in [1.165, 1.54) is 12.1 Å². The molecule has 0 saturated carbocycles. The summed E-state index contributed by atoms with van der Waals surface area (Å²) in [6, 6.07) is 19.9. The lowest BCUT2D eigenvalue weighted by atomic mass is 9.99. The van der Waals surface area contributed by atoms with Crippen LogP contribution in [-0.4, -0.2) is 16.0 Å². The van der Waals surface area contributed by atoms with Crippen molar-refractivity contribution in [3.8, 4) is 0 Å². The summed E-state index contributed by atoms with van der Waals surface area (Å²) in [6.45, 7) is 0.571. The van der Waals surface area contributed by atoms with Gasteiger partial charge in [0.2, 0.25) is 0 Å². The zero-order valence-corrected chi connectivity index (χ0v) is 18.8. The lowest BCUT2D eigenvalue weighted by Gasteiger charge is -2.11. The second-order valence-corrected chi connectivity index (χ2v) is 8.26. The molecule has 0 radical (unpaired) electrons. The summed E-state index contributed by atoms with van der Waals surface area (Å²) < 4.78 is 39.5. The van der Waals surface area contributed by atoms with Gasteiger partial charge in [0.05, 0.1) is 5.56 Å². The molecule has 1 aromatic heterocycles. The van der Waals surface area contributed by atoms with Gasteiger partial charge in [0.25, 0.3) is 0 Å². The molecule has 0 aliphatic carbocycles. The highest BCUT2D eigenvalue weighted by Crippen LogP contribution is 2.30. The Morgan fingerprint density at radius 1 is 0.875 bits per heavy atom. The number of nitrogens with one attached hydrogen (secondary N) is 1. The first-order valence-corrected chi connectivity index (χ1v) is 10.8. The SMILES string of the molecule is O=C(Cc1cccc(C(F)(F)F)c1)c1ccc2c(NCc3ccccc3)nnc(I)c2c1. The predicted octanol–water partition coefficient (Wildman–Crippen LogP) is 6.29. The van der Waals surface area contributed by atoms with Crippen molar-refractivity contribution in [2.45, 2.75) is 19.1 Å². The van der Waals surface area contributed by atoms with E-state index in [1.54, 1.807) is 18.2 Å². The van der Waals surface area contributed by atoms with Crippen LogP contribution in [0.4, 0.5) is 19.0 Å². The van der Waals surface area contributed by atoms with E-state index in [-0.39, 0.29) is 12.2 Å². The van der Waals surface area contributed by atoms with E-state index >= 15 is 0 Å². The second kappa shape index (κ2) is 9.23. The number of aromatic nitrogens is 2. The van der Waals surface area contributed by atoms with Crippen molar-refractivity contribution < 1.29 is 18.0 Å². The number of ketones is 1. The van der Waals surface area contributed by atoms with E-state index in [1.807, 2.05) is 30.3 Å². The minimum Gasteiger partial charge on any atom is -0.364 e. The van der Waals surface area contributed by atoms with Gasteiger partial charge in [-0.3, -0.25) is 4.79 Å². The van der Waals surface area contributed by atoms with Gasteiger partial charge in [-0.25, -0.2) is 0 Å². The summed E-state index contributed by atoms with van der Waals surface area (Å²) in [5.74, 6) is 0.332. The maximum atomic E-state index is 13.0. The van der Waals surface area contributed by atoms with Crippen molar-refractivity contribution >= 4 is 45.0 Å². The van der Waals surface area contributed by atoms with Crippen molar-refractivity contribution in [3.05, 3.63) is 98.8 Å². The normalized spacial score (nSPS) is 11.5. The minimum absolute atomic E-state index is 0.121. The van der Waals surface area contributed by atoms with Crippen LogP contribution in [0.25, 0.3) is 10.8 Å². The number of nitrogens with zero attached hydrogens (tertiary/aromatic N) is 2. The minimum atomic E-state index is -4.44. The standard InChI is InChI=1S/C24H17F3IN3O/c25-24(26,27)18-8-4-7-16(11-18)12-21(32)17-9-10-19-20(13-17)22(28)30-31-23(19)29-14-15-5-2-1-3-6-15/h1-11,13H,12,14H2,(H,29,31). The van der Waals surface area contributed by atoms with Crippen molar-refractivity contribution in [1.82, 2.24) is 10.2 Å². The largest absolute Gasteiger partial charge is 0.416 e. The highest BCUT2D eigenvalue weighted by Gasteiger charge is 2.30. The van der Waals surface area contributed by atoms with E-state index in [4.69, 9.17) is 0 Å².